The SMILES string of the molecule is NC(=O)N1CCCN(S(=O)(=O)c2cccc(F)c2)CC1. The van der Waals surface area contributed by atoms with Gasteiger partial charge in [0.2, 0.25) is 10.0 Å². The zero-order chi connectivity index (χ0) is 14.8. The minimum absolute atomic E-state index is 0.0787. The van der Waals surface area contributed by atoms with E-state index in [2.05, 4.69) is 0 Å². The summed E-state index contributed by atoms with van der Waals surface area (Å²) in [6.45, 7) is 1.10. The summed E-state index contributed by atoms with van der Waals surface area (Å²) in [7, 11) is -3.74. The molecule has 1 aliphatic rings. The lowest BCUT2D eigenvalue weighted by Gasteiger charge is -2.20. The molecular formula is C12H16FN3O3S. The second kappa shape index (κ2) is 5.76. The highest BCUT2D eigenvalue weighted by Crippen LogP contribution is 2.18. The Morgan fingerprint density at radius 2 is 1.95 bits per heavy atom. The smallest absolute Gasteiger partial charge is 0.314 e. The molecule has 1 aliphatic heterocycles. The molecule has 1 saturated heterocycles. The van der Waals surface area contributed by atoms with E-state index in [-0.39, 0.29) is 24.5 Å². The van der Waals surface area contributed by atoms with Gasteiger partial charge in [0.15, 0.2) is 0 Å². The van der Waals surface area contributed by atoms with Crippen LogP contribution in [0.3, 0.4) is 0 Å². The van der Waals surface area contributed by atoms with Crippen molar-refractivity contribution in [1.82, 2.24) is 9.21 Å². The normalized spacial score (nSPS) is 17.8. The van der Waals surface area contributed by atoms with Gasteiger partial charge in [-0.15, -0.1) is 0 Å². The minimum Gasteiger partial charge on any atom is -0.351 e. The third-order valence-corrected chi connectivity index (χ3v) is 5.10. The van der Waals surface area contributed by atoms with Gasteiger partial charge in [-0.3, -0.25) is 0 Å². The van der Waals surface area contributed by atoms with Crippen molar-refractivity contribution in [2.45, 2.75) is 11.3 Å². The molecule has 8 heteroatoms. The number of halogens is 1. The molecule has 2 amide bonds. The summed E-state index contributed by atoms with van der Waals surface area (Å²) in [6, 6.07) is 4.34. The maximum Gasteiger partial charge on any atom is 0.314 e. The van der Waals surface area contributed by atoms with Gasteiger partial charge < -0.3 is 10.6 Å². The van der Waals surface area contributed by atoms with Gasteiger partial charge in [-0.1, -0.05) is 6.07 Å². The van der Waals surface area contributed by atoms with E-state index in [0.717, 1.165) is 6.07 Å². The van der Waals surface area contributed by atoms with Gasteiger partial charge in [0.05, 0.1) is 4.90 Å². The molecule has 0 aromatic heterocycles. The van der Waals surface area contributed by atoms with Crippen LogP contribution >= 0.6 is 0 Å². The fourth-order valence-electron chi connectivity index (χ4n) is 2.13. The third kappa shape index (κ3) is 3.07. The number of carbonyl (C=O) groups excluding carboxylic acids is 1. The van der Waals surface area contributed by atoms with Crippen molar-refractivity contribution in [1.29, 1.82) is 0 Å². The maximum absolute atomic E-state index is 13.2. The summed E-state index contributed by atoms with van der Waals surface area (Å²) in [6.07, 6.45) is 0.498. The van der Waals surface area contributed by atoms with Crippen LogP contribution < -0.4 is 5.73 Å². The van der Waals surface area contributed by atoms with Crippen LogP contribution in [0.4, 0.5) is 9.18 Å². The number of primary amides is 1. The molecule has 110 valence electrons. The van der Waals surface area contributed by atoms with Gasteiger partial charge in [0, 0.05) is 26.2 Å². The predicted octanol–water partition coefficient (Wildman–Crippen LogP) is 0.601. The number of benzene rings is 1. The molecule has 0 radical (unpaired) electrons. The first kappa shape index (κ1) is 14.7. The maximum atomic E-state index is 13.2. The summed E-state index contributed by atoms with van der Waals surface area (Å²) in [5.74, 6) is -0.598. The van der Waals surface area contributed by atoms with Gasteiger partial charge in [0.25, 0.3) is 0 Å². The lowest BCUT2D eigenvalue weighted by Crippen LogP contribution is -2.39. The number of hydrogen-bond acceptors (Lipinski definition) is 3. The number of urea groups is 1. The number of sulfonamides is 1. The van der Waals surface area contributed by atoms with Crippen molar-refractivity contribution in [2.24, 2.45) is 5.73 Å². The number of nitrogens with zero attached hydrogens (tertiary/aromatic N) is 2. The van der Waals surface area contributed by atoms with E-state index in [4.69, 9.17) is 5.73 Å². The van der Waals surface area contributed by atoms with Crippen molar-refractivity contribution < 1.29 is 17.6 Å². The fourth-order valence-corrected chi connectivity index (χ4v) is 3.63. The van der Waals surface area contributed by atoms with Crippen LogP contribution in [0.25, 0.3) is 0 Å². The molecule has 1 fully saturated rings. The molecule has 0 aliphatic carbocycles. The van der Waals surface area contributed by atoms with Crippen LogP contribution in [0.1, 0.15) is 6.42 Å². The molecule has 0 unspecified atom stereocenters. The Bertz CT molecular complexity index is 606. The van der Waals surface area contributed by atoms with E-state index in [9.17, 15) is 17.6 Å². The third-order valence-electron chi connectivity index (χ3n) is 3.20. The second-order valence-corrected chi connectivity index (χ2v) is 6.48. The van der Waals surface area contributed by atoms with Crippen LogP contribution in [-0.4, -0.2) is 49.8 Å². The molecule has 0 saturated carbocycles. The summed E-state index contributed by atoms with van der Waals surface area (Å²) < 4.78 is 39.2. The van der Waals surface area contributed by atoms with Crippen LogP contribution in [0.2, 0.25) is 0 Å². The van der Waals surface area contributed by atoms with Crippen LogP contribution in [0, 0.1) is 5.82 Å². The van der Waals surface area contributed by atoms with E-state index >= 15 is 0 Å². The van der Waals surface area contributed by atoms with Crippen LogP contribution in [-0.2, 0) is 10.0 Å². The highest BCUT2D eigenvalue weighted by atomic mass is 32.2. The molecule has 1 aromatic rings. The Balaban J connectivity index is 2.20. The Hall–Kier alpha value is -1.67. The van der Waals surface area contributed by atoms with Gasteiger partial charge in [-0.2, -0.15) is 4.31 Å². The van der Waals surface area contributed by atoms with E-state index in [1.807, 2.05) is 0 Å². The molecule has 20 heavy (non-hydrogen) atoms. The zero-order valence-corrected chi connectivity index (χ0v) is 11.6. The average Bonchev–Trinajstić information content (AvgIpc) is 2.64. The number of amides is 2. The monoisotopic (exact) mass is 301 g/mol. The molecular weight excluding hydrogens is 285 g/mol. The van der Waals surface area contributed by atoms with Gasteiger partial charge in [-0.05, 0) is 24.6 Å². The lowest BCUT2D eigenvalue weighted by atomic mass is 10.4. The largest absolute Gasteiger partial charge is 0.351 e. The number of nitrogens with two attached hydrogens (primary N) is 1. The lowest BCUT2D eigenvalue weighted by molar-refractivity contribution is 0.210. The Kier molecular flexibility index (Phi) is 4.24. The van der Waals surface area contributed by atoms with E-state index in [1.54, 1.807) is 0 Å². The zero-order valence-electron chi connectivity index (χ0n) is 10.8. The molecule has 0 bridgehead atoms. The molecule has 1 heterocycles. The summed E-state index contributed by atoms with van der Waals surface area (Å²) in [4.78, 5) is 12.4. The van der Waals surface area contributed by atoms with E-state index in [0.29, 0.717) is 13.0 Å². The second-order valence-electron chi connectivity index (χ2n) is 4.54. The van der Waals surface area contributed by atoms with E-state index < -0.39 is 21.9 Å². The van der Waals surface area contributed by atoms with E-state index in [1.165, 1.54) is 27.4 Å². The van der Waals surface area contributed by atoms with Crippen molar-refractivity contribution >= 4 is 16.1 Å². The summed E-state index contributed by atoms with van der Waals surface area (Å²) in [5.41, 5.74) is 5.19. The molecule has 1 aromatic carbocycles. The van der Waals surface area contributed by atoms with Gasteiger partial charge in [0.1, 0.15) is 5.82 Å². The Morgan fingerprint density at radius 3 is 2.60 bits per heavy atom. The van der Waals surface area contributed by atoms with Gasteiger partial charge >= 0.3 is 6.03 Å². The quantitative estimate of drug-likeness (QED) is 0.868. The molecule has 2 rings (SSSR count). The highest BCUT2D eigenvalue weighted by molar-refractivity contribution is 7.89. The predicted molar refractivity (Wildman–Crippen MR) is 70.9 cm³/mol. The molecule has 0 atom stereocenters. The first-order valence-corrected chi connectivity index (χ1v) is 7.65. The average molecular weight is 301 g/mol. The summed E-state index contributed by atoms with van der Waals surface area (Å²) >= 11 is 0. The number of rotatable bonds is 2. The molecule has 2 N–H and O–H groups in total. The van der Waals surface area contributed by atoms with Crippen molar-refractivity contribution in [3.8, 4) is 0 Å². The Labute approximate surface area is 117 Å². The summed E-state index contributed by atoms with van der Waals surface area (Å²) in [5, 5.41) is 0. The molecule has 6 nitrogen and oxygen atoms in total. The first-order chi connectivity index (χ1) is 9.41. The molecule has 0 spiro atoms. The highest BCUT2D eigenvalue weighted by Gasteiger charge is 2.27. The standard InChI is InChI=1S/C12H16FN3O3S/c13-10-3-1-4-11(9-10)20(18,19)16-6-2-5-15(7-8-16)12(14)17/h1,3-4,9H,2,5-8H2,(H2,14,17). The van der Waals surface area contributed by atoms with Crippen LogP contribution in [0.5, 0.6) is 0 Å². The van der Waals surface area contributed by atoms with Crippen LogP contribution in [0.15, 0.2) is 29.2 Å². The van der Waals surface area contributed by atoms with Crippen molar-refractivity contribution in [3.63, 3.8) is 0 Å². The minimum atomic E-state index is -3.74. The van der Waals surface area contributed by atoms with Crippen molar-refractivity contribution in [3.05, 3.63) is 30.1 Å². The van der Waals surface area contributed by atoms with Gasteiger partial charge in [-0.25, -0.2) is 17.6 Å². The van der Waals surface area contributed by atoms with Crippen molar-refractivity contribution in [2.75, 3.05) is 26.2 Å². The topological polar surface area (TPSA) is 83.7 Å². The number of carbonyl (C=O) groups is 1. The Morgan fingerprint density at radius 1 is 1.20 bits per heavy atom. The first-order valence-electron chi connectivity index (χ1n) is 6.21. The number of hydrogen-bond donors (Lipinski definition) is 1. The fraction of sp³-hybridized carbons (Fsp3) is 0.417.